The normalized spacial score (nSPS) is 27.1. The number of carbonyl (C=O) groups excluding carboxylic acids is 1. The Labute approximate surface area is 140 Å². The van der Waals surface area contributed by atoms with Gasteiger partial charge < -0.3 is 14.7 Å². The zero-order valence-corrected chi connectivity index (χ0v) is 13.8. The first-order chi connectivity index (χ1) is 11.1. The quantitative estimate of drug-likeness (QED) is 0.920. The van der Waals surface area contributed by atoms with E-state index < -0.39 is 18.0 Å². The van der Waals surface area contributed by atoms with Crippen LogP contribution in [0, 0.1) is 11.3 Å². The van der Waals surface area contributed by atoms with E-state index in [4.69, 9.17) is 4.74 Å². The standard InChI is InChI=1S/C17H21NO4S/c19-15(20)14-9-18(11-17(14)7-4-8-23-12-17)16(21)22-10-13-5-2-1-3-6-13/h1-3,5-6,14H,4,7-12H2,(H,19,20). The molecule has 0 saturated carbocycles. The van der Waals surface area contributed by atoms with E-state index in [1.807, 2.05) is 30.3 Å². The summed E-state index contributed by atoms with van der Waals surface area (Å²) in [5.41, 5.74) is 0.637. The van der Waals surface area contributed by atoms with Gasteiger partial charge in [0.15, 0.2) is 0 Å². The summed E-state index contributed by atoms with van der Waals surface area (Å²) >= 11 is 1.79. The number of nitrogens with zero attached hydrogens (tertiary/aromatic N) is 1. The lowest BCUT2D eigenvalue weighted by molar-refractivity contribution is -0.144. The second-order valence-electron chi connectivity index (χ2n) is 6.33. The minimum atomic E-state index is -0.800. The van der Waals surface area contributed by atoms with Gasteiger partial charge in [0.2, 0.25) is 0 Å². The molecule has 0 aliphatic carbocycles. The van der Waals surface area contributed by atoms with E-state index in [-0.39, 0.29) is 18.6 Å². The summed E-state index contributed by atoms with van der Waals surface area (Å²) in [6.07, 6.45) is 1.48. The van der Waals surface area contributed by atoms with Crippen LogP contribution in [-0.2, 0) is 16.1 Å². The van der Waals surface area contributed by atoms with Crippen molar-refractivity contribution in [3.8, 4) is 0 Å². The monoisotopic (exact) mass is 335 g/mol. The molecule has 1 spiro atoms. The van der Waals surface area contributed by atoms with Crippen molar-refractivity contribution in [3.05, 3.63) is 35.9 Å². The van der Waals surface area contributed by atoms with Gasteiger partial charge >= 0.3 is 12.1 Å². The molecule has 2 saturated heterocycles. The van der Waals surface area contributed by atoms with E-state index in [2.05, 4.69) is 0 Å². The molecule has 0 aromatic heterocycles. The van der Waals surface area contributed by atoms with E-state index >= 15 is 0 Å². The molecule has 2 unspecified atom stereocenters. The minimum absolute atomic E-state index is 0.218. The zero-order valence-electron chi connectivity index (χ0n) is 12.9. The molecule has 124 valence electrons. The highest BCUT2D eigenvalue weighted by Crippen LogP contribution is 2.46. The topological polar surface area (TPSA) is 66.8 Å². The summed E-state index contributed by atoms with van der Waals surface area (Å²) in [5.74, 6) is 0.601. The molecule has 2 aliphatic heterocycles. The Morgan fingerprint density at radius 1 is 1.35 bits per heavy atom. The number of amides is 1. The molecule has 5 nitrogen and oxygen atoms in total. The zero-order chi connectivity index (χ0) is 16.3. The van der Waals surface area contributed by atoms with Gasteiger partial charge in [-0.05, 0) is 24.2 Å². The van der Waals surface area contributed by atoms with Crippen LogP contribution in [-0.4, -0.2) is 46.7 Å². The maximum Gasteiger partial charge on any atom is 0.410 e. The summed E-state index contributed by atoms with van der Waals surface area (Å²) < 4.78 is 5.36. The first-order valence-electron chi connectivity index (χ1n) is 7.87. The number of carboxylic acids is 1. The second kappa shape index (κ2) is 6.83. The third-order valence-electron chi connectivity index (χ3n) is 4.76. The van der Waals surface area contributed by atoms with Crippen LogP contribution in [0.15, 0.2) is 30.3 Å². The molecule has 1 aromatic carbocycles. The van der Waals surface area contributed by atoms with Crippen LogP contribution in [0.5, 0.6) is 0 Å². The van der Waals surface area contributed by atoms with Crippen LogP contribution < -0.4 is 0 Å². The Morgan fingerprint density at radius 2 is 2.13 bits per heavy atom. The number of carbonyl (C=O) groups is 2. The van der Waals surface area contributed by atoms with Crippen LogP contribution in [0.3, 0.4) is 0 Å². The Balaban J connectivity index is 1.64. The van der Waals surface area contributed by atoms with E-state index in [1.54, 1.807) is 16.7 Å². The van der Waals surface area contributed by atoms with Crippen molar-refractivity contribution in [2.75, 3.05) is 24.6 Å². The lowest BCUT2D eigenvalue weighted by Crippen LogP contribution is -2.39. The number of benzene rings is 1. The Kier molecular flexibility index (Phi) is 4.80. The van der Waals surface area contributed by atoms with Crippen molar-refractivity contribution in [2.24, 2.45) is 11.3 Å². The number of likely N-dealkylation sites (tertiary alicyclic amines) is 1. The fraction of sp³-hybridized carbons (Fsp3) is 0.529. The summed E-state index contributed by atoms with van der Waals surface area (Å²) in [5, 5.41) is 9.55. The first-order valence-corrected chi connectivity index (χ1v) is 9.02. The molecule has 0 bridgehead atoms. The molecule has 2 heterocycles. The molecule has 1 N–H and O–H groups in total. The number of hydrogen-bond donors (Lipinski definition) is 1. The first kappa shape index (κ1) is 16.2. The molecule has 1 amide bonds. The van der Waals surface area contributed by atoms with Gasteiger partial charge in [0.05, 0.1) is 5.92 Å². The third kappa shape index (κ3) is 3.47. The van der Waals surface area contributed by atoms with Gasteiger partial charge in [0.1, 0.15) is 6.61 Å². The summed E-state index contributed by atoms with van der Waals surface area (Å²) in [4.78, 5) is 25.5. The second-order valence-corrected chi connectivity index (χ2v) is 7.44. The lowest BCUT2D eigenvalue weighted by atomic mass is 9.76. The lowest BCUT2D eigenvalue weighted by Gasteiger charge is -2.35. The smallest absolute Gasteiger partial charge is 0.410 e. The van der Waals surface area contributed by atoms with Gasteiger partial charge in [-0.2, -0.15) is 11.8 Å². The molecule has 3 rings (SSSR count). The van der Waals surface area contributed by atoms with Gasteiger partial charge in [-0.1, -0.05) is 30.3 Å². The van der Waals surface area contributed by atoms with Gasteiger partial charge in [0.25, 0.3) is 0 Å². The average Bonchev–Trinajstić information content (AvgIpc) is 2.93. The maximum atomic E-state index is 12.3. The molecule has 2 aliphatic rings. The van der Waals surface area contributed by atoms with Gasteiger partial charge in [-0.15, -0.1) is 0 Å². The SMILES string of the molecule is O=C(O)C1CN(C(=O)OCc2ccccc2)CC12CCCSC2. The predicted molar refractivity (Wildman–Crippen MR) is 88.3 cm³/mol. The van der Waals surface area contributed by atoms with Crippen molar-refractivity contribution in [1.82, 2.24) is 4.90 Å². The van der Waals surface area contributed by atoms with Crippen molar-refractivity contribution in [2.45, 2.75) is 19.4 Å². The highest BCUT2D eigenvalue weighted by Gasteiger charge is 2.52. The van der Waals surface area contributed by atoms with Crippen molar-refractivity contribution >= 4 is 23.8 Å². The predicted octanol–water partition coefficient (Wildman–Crippen LogP) is 2.85. The number of carboxylic acid groups (broad SMARTS) is 1. The fourth-order valence-electron chi connectivity index (χ4n) is 3.53. The number of aliphatic carboxylic acids is 1. The largest absolute Gasteiger partial charge is 0.481 e. The van der Waals surface area contributed by atoms with Crippen LogP contribution in [0.4, 0.5) is 4.79 Å². The fourth-order valence-corrected chi connectivity index (χ4v) is 4.87. The molecule has 1 aromatic rings. The molecule has 23 heavy (non-hydrogen) atoms. The highest BCUT2D eigenvalue weighted by molar-refractivity contribution is 7.99. The molecular formula is C17H21NO4S. The van der Waals surface area contributed by atoms with Gasteiger partial charge in [-0.25, -0.2) is 4.79 Å². The van der Waals surface area contributed by atoms with E-state index in [0.717, 1.165) is 29.9 Å². The number of ether oxygens (including phenoxy) is 1. The summed E-state index contributed by atoms with van der Waals surface area (Å²) in [6, 6.07) is 9.50. The number of thioether (sulfide) groups is 1. The highest BCUT2D eigenvalue weighted by atomic mass is 32.2. The molecule has 6 heteroatoms. The van der Waals surface area contributed by atoms with Gasteiger partial charge in [0, 0.05) is 24.3 Å². The van der Waals surface area contributed by atoms with E-state index in [0.29, 0.717) is 6.54 Å². The van der Waals surface area contributed by atoms with E-state index in [9.17, 15) is 14.7 Å². The van der Waals surface area contributed by atoms with Crippen LogP contribution in [0.2, 0.25) is 0 Å². The van der Waals surface area contributed by atoms with Crippen molar-refractivity contribution in [1.29, 1.82) is 0 Å². The average molecular weight is 335 g/mol. The minimum Gasteiger partial charge on any atom is -0.481 e. The Bertz CT molecular complexity index is 571. The van der Waals surface area contributed by atoms with Crippen molar-refractivity contribution in [3.63, 3.8) is 0 Å². The Hall–Kier alpha value is -1.69. The van der Waals surface area contributed by atoms with Crippen LogP contribution in [0.1, 0.15) is 18.4 Å². The molecule has 2 atom stereocenters. The number of hydrogen-bond acceptors (Lipinski definition) is 4. The van der Waals surface area contributed by atoms with Gasteiger partial charge in [-0.3, -0.25) is 4.79 Å². The maximum absolute atomic E-state index is 12.3. The third-order valence-corrected chi connectivity index (χ3v) is 6.12. The molecular weight excluding hydrogens is 314 g/mol. The van der Waals surface area contributed by atoms with E-state index in [1.165, 1.54) is 0 Å². The van der Waals surface area contributed by atoms with Crippen LogP contribution in [0.25, 0.3) is 0 Å². The Morgan fingerprint density at radius 3 is 2.78 bits per heavy atom. The summed E-state index contributed by atoms with van der Waals surface area (Å²) in [7, 11) is 0. The van der Waals surface area contributed by atoms with Crippen molar-refractivity contribution < 1.29 is 19.4 Å². The van der Waals surface area contributed by atoms with Crippen LogP contribution >= 0.6 is 11.8 Å². The number of rotatable bonds is 3. The summed E-state index contributed by atoms with van der Waals surface area (Å²) in [6.45, 7) is 0.962. The molecule has 2 fully saturated rings. The molecule has 0 radical (unpaired) electrons.